The van der Waals surface area contributed by atoms with Gasteiger partial charge in [-0.15, -0.1) is 0 Å². The highest BCUT2D eigenvalue weighted by Crippen LogP contribution is 2.22. The summed E-state index contributed by atoms with van der Waals surface area (Å²) in [6.45, 7) is 13.0. The third-order valence-electron chi connectivity index (χ3n) is 4.55. The molecular formula is C15H32N2. The molecule has 1 unspecified atom stereocenters. The van der Waals surface area contributed by atoms with E-state index in [-0.39, 0.29) is 0 Å². The van der Waals surface area contributed by atoms with E-state index in [0.29, 0.717) is 11.6 Å². The topological polar surface area (TPSA) is 15.3 Å². The number of nitrogens with one attached hydrogen (secondary N) is 1. The van der Waals surface area contributed by atoms with Crippen molar-refractivity contribution in [2.75, 3.05) is 19.6 Å². The number of unbranched alkanes of at least 4 members (excludes halogenated alkanes) is 3. The normalized spacial score (nSPS) is 25.1. The average Bonchev–Trinajstić information content (AvgIpc) is 2.37. The highest BCUT2D eigenvalue weighted by Gasteiger charge is 2.34. The van der Waals surface area contributed by atoms with E-state index < -0.39 is 0 Å². The number of rotatable bonds is 7. The molecular weight excluding hydrogens is 208 g/mol. The van der Waals surface area contributed by atoms with Gasteiger partial charge in [0, 0.05) is 24.7 Å². The highest BCUT2D eigenvalue weighted by molar-refractivity contribution is 4.95. The molecule has 2 heteroatoms. The van der Waals surface area contributed by atoms with Crippen LogP contribution in [0, 0.1) is 0 Å². The zero-order chi connectivity index (χ0) is 12.7. The first kappa shape index (κ1) is 15.0. The predicted molar refractivity (Wildman–Crippen MR) is 76.5 cm³/mol. The van der Waals surface area contributed by atoms with Crippen molar-refractivity contribution in [3.8, 4) is 0 Å². The van der Waals surface area contributed by atoms with Crippen LogP contribution in [0.3, 0.4) is 0 Å². The fourth-order valence-corrected chi connectivity index (χ4v) is 2.86. The Morgan fingerprint density at radius 2 is 1.82 bits per heavy atom. The molecule has 1 N–H and O–H groups in total. The summed E-state index contributed by atoms with van der Waals surface area (Å²) in [6.07, 6.45) is 8.02. The van der Waals surface area contributed by atoms with Gasteiger partial charge in [-0.2, -0.15) is 0 Å². The van der Waals surface area contributed by atoms with Gasteiger partial charge in [0.1, 0.15) is 0 Å². The van der Waals surface area contributed by atoms with Crippen LogP contribution in [0.25, 0.3) is 0 Å². The van der Waals surface area contributed by atoms with Crippen LogP contribution in [-0.4, -0.2) is 36.1 Å². The monoisotopic (exact) mass is 240 g/mol. The van der Waals surface area contributed by atoms with Crippen molar-refractivity contribution in [2.24, 2.45) is 0 Å². The molecule has 0 aromatic carbocycles. The van der Waals surface area contributed by atoms with Crippen LogP contribution < -0.4 is 5.32 Å². The molecule has 1 saturated heterocycles. The molecule has 102 valence electrons. The Hall–Kier alpha value is -0.0800. The summed E-state index contributed by atoms with van der Waals surface area (Å²) in [6, 6.07) is 0.711. The molecule has 17 heavy (non-hydrogen) atoms. The largest absolute Gasteiger partial charge is 0.308 e. The second kappa shape index (κ2) is 7.38. The highest BCUT2D eigenvalue weighted by atomic mass is 15.2. The molecule has 0 aliphatic carbocycles. The minimum Gasteiger partial charge on any atom is -0.308 e. The van der Waals surface area contributed by atoms with Crippen LogP contribution >= 0.6 is 0 Å². The first-order chi connectivity index (χ1) is 8.17. The zero-order valence-corrected chi connectivity index (χ0v) is 12.4. The van der Waals surface area contributed by atoms with Gasteiger partial charge in [-0.25, -0.2) is 0 Å². The summed E-state index contributed by atoms with van der Waals surface area (Å²) in [5, 5.41) is 3.77. The summed E-state index contributed by atoms with van der Waals surface area (Å²) in [7, 11) is 0. The van der Waals surface area contributed by atoms with Crippen LogP contribution in [0.4, 0.5) is 0 Å². The van der Waals surface area contributed by atoms with Crippen molar-refractivity contribution in [1.29, 1.82) is 0 Å². The number of hydrogen-bond donors (Lipinski definition) is 1. The van der Waals surface area contributed by atoms with E-state index in [2.05, 4.69) is 37.9 Å². The Morgan fingerprint density at radius 1 is 1.12 bits per heavy atom. The van der Waals surface area contributed by atoms with Gasteiger partial charge in [0.2, 0.25) is 0 Å². The van der Waals surface area contributed by atoms with Gasteiger partial charge in [0.25, 0.3) is 0 Å². The van der Waals surface area contributed by atoms with Crippen LogP contribution in [0.15, 0.2) is 0 Å². The maximum absolute atomic E-state index is 3.77. The van der Waals surface area contributed by atoms with E-state index in [1.165, 1.54) is 51.6 Å². The quantitative estimate of drug-likeness (QED) is 0.686. The summed E-state index contributed by atoms with van der Waals surface area (Å²) in [5.74, 6) is 0. The van der Waals surface area contributed by atoms with Gasteiger partial charge in [0.05, 0.1) is 0 Å². The molecule has 0 saturated carbocycles. The minimum absolute atomic E-state index is 0.386. The average molecular weight is 240 g/mol. The van der Waals surface area contributed by atoms with Gasteiger partial charge < -0.3 is 5.32 Å². The van der Waals surface area contributed by atoms with Gasteiger partial charge in [0.15, 0.2) is 0 Å². The molecule has 0 spiro atoms. The Balaban J connectivity index is 2.40. The van der Waals surface area contributed by atoms with Gasteiger partial charge in [-0.05, 0) is 32.7 Å². The third kappa shape index (κ3) is 4.26. The van der Waals surface area contributed by atoms with E-state index in [9.17, 15) is 0 Å². The van der Waals surface area contributed by atoms with Crippen molar-refractivity contribution in [1.82, 2.24) is 10.2 Å². The molecule has 0 radical (unpaired) electrons. The van der Waals surface area contributed by atoms with Crippen molar-refractivity contribution in [2.45, 2.75) is 77.8 Å². The first-order valence-corrected chi connectivity index (χ1v) is 7.66. The SMILES string of the molecule is CCCCCCN1CC(CC)(CC)NCC1C. The van der Waals surface area contributed by atoms with Crippen molar-refractivity contribution in [3.63, 3.8) is 0 Å². The molecule has 0 amide bonds. The second-order valence-corrected chi connectivity index (χ2v) is 5.75. The summed E-state index contributed by atoms with van der Waals surface area (Å²) < 4.78 is 0. The van der Waals surface area contributed by atoms with Crippen molar-refractivity contribution in [3.05, 3.63) is 0 Å². The minimum atomic E-state index is 0.386. The fourth-order valence-electron chi connectivity index (χ4n) is 2.86. The van der Waals surface area contributed by atoms with E-state index in [1.807, 2.05) is 0 Å². The predicted octanol–water partition coefficient (Wildman–Crippen LogP) is 3.42. The third-order valence-corrected chi connectivity index (χ3v) is 4.55. The van der Waals surface area contributed by atoms with E-state index in [0.717, 1.165) is 6.54 Å². The summed E-state index contributed by atoms with van der Waals surface area (Å²) >= 11 is 0. The molecule has 2 nitrogen and oxygen atoms in total. The lowest BCUT2D eigenvalue weighted by Gasteiger charge is -2.46. The standard InChI is InChI=1S/C15H32N2/c1-5-8-9-10-11-17-13-15(6-2,7-3)16-12-14(17)4/h14,16H,5-13H2,1-4H3. The van der Waals surface area contributed by atoms with Crippen LogP contribution in [0.1, 0.15) is 66.2 Å². The second-order valence-electron chi connectivity index (χ2n) is 5.75. The van der Waals surface area contributed by atoms with Gasteiger partial charge in [-0.3, -0.25) is 4.90 Å². The molecule has 1 atom stereocenters. The van der Waals surface area contributed by atoms with Crippen LogP contribution in [0.2, 0.25) is 0 Å². The zero-order valence-electron chi connectivity index (χ0n) is 12.4. The lowest BCUT2D eigenvalue weighted by atomic mass is 9.88. The maximum Gasteiger partial charge on any atom is 0.0304 e. The molecule has 1 fully saturated rings. The molecule has 1 heterocycles. The van der Waals surface area contributed by atoms with Crippen molar-refractivity contribution >= 4 is 0 Å². The van der Waals surface area contributed by atoms with Crippen LogP contribution in [0.5, 0.6) is 0 Å². The Morgan fingerprint density at radius 3 is 2.41 bits per heavy atom. The van der Waals surface area contributed by atoms with E-state index in [4.69, 9.17) is 0 Å². The number of hydrogen-bond acceptors (Lipinski definition) is 2. The Kier molecular flexibility index (Phi) is 6.50. The molecule has 1 rings (SSSR count). The van der Waals surface area contributed by atoms with Gasteiger partial charge >= 0.3 is 0 Å². The van der Waals surface area contributed by atoms with Gasteiger partial charge in [-0.1, -0.05) is 40.0 Å². The molecule has 0 aromatic rings. The lowest BCUT2D eigenvalue weighted by Crippen LogP contribution is -2.63. The maximum atomic E-state index is 3.77. The molecule has 1 aliphatic rings. The van der Waals surface area contributed by atoms with Crippen molar-refractivity contribution < 1.29 is 0 Å². The van der Waals surface area contributed by atoms with Crippen LogP contribution in [-0.2, 0) is 0 Å². The Labute approximate surface area is 108 Å². The number of nitrogens with zero attached hydrogens (tertiary/aromatic N) is 1. The fraction of sp³-hybridized carbons (Fsp3) is 1.00. The first-order valence-electron chi connectivity index (χ1n) is 7.66. The van der Waals surface area contributed by atoms with E-state index >= 15 is 0 Å². The summed E-state index contributed by atoms with van der Waals surface area (Å²) in [4.78, 5) is 2.71. The molecule has 0 bridgehead atoms. The smallest absolute Gasteiger partial charge is 0.0304 e. The summed E-state index contributed by atoms with van der Waals surface area (Å²) in [5.41, 5.74) is 0.386. The molecule has 0 aromatic heterocycles. The Bertz CT molecular complexity index is 199. The van der Waals surface area contributed by atoms with E-state index in [1.54, 1.807) is 0 Å². The number of piperazine rings is 1. The molecule has 1 aliphatic heterocycles. The lowest BCUT2D eigenvalue weighted by molar-refractivity contribution is 0.0792.